The first-order chi connectivity index (χ1) is 28.3. The molecule has 2 aromatic rings. The van der Waals surface area contributed by atoms with E-state index in [0.717, 1.165) is 11.1 Å². The van der Waals surface area contributed by atoms with Crippen LogP contribution in [0.2, 0.25) is 0 Å². The molecule has 60 heavy (non-hydrogen) atoms. The van der Waals surface area contributed by atoms with Crippen LogP contribution in [0.15, 0.2) is 60.7 Å². The van der Waals surface area contributed by atoms with Crippen LogP contribution in [-0.2, 0) is 33.2 Å². The van der Waals surface area contributed by atoms with E-state index in [1.165, 1.54) is 4.90 Å². The van der Waals surface area contributed by atoms with Gasteiger partial charge in [-0.05, 0) is 67.2 Å². The summed E-state index contributed by atoms with van der Waals surface area (Å²) >= 11 is 0. The number of rotatable bonds is 19. The minimum atomic E-state index is -1.38. The number of carbonyl (C=O) groups excluding carboxylic acids is 3. The fraction of sp³-hybridized carbons (Fsp3) is 0.651. The Labute approximate surface area is 353 Å². The summed E-state index contributed by atoms with van der Waals surface area (Å²) in [5, 5.41) is 48.3. The Morgan fingerprint density at radius 1 is 0.750 bits per heavy atom. The van der Waals surface area contributed by atoms with Gasteiger partial charge < -0.3 is 59.9 Å². The van der Waals surface area contributed by atoms with Crippen molar-refractivity contribution in [1.29, 1.82) is 0 Å². The lowest BCUT2D eigenvalue weighted by atomic mass is 10.0. The largest absolute Gasteiger partial charge is 0.444 e. The molecule has 2 aliphatic rings. The number of nitrogens with one attached hydrogen (secondary N) is 1. The van der Waals surface area contributed by atoms with Gasteiger partial charge in [-0.1, -0.05) is 60.7 Å². The molecule has 17 heteroatoms. The first kappa shape index (κ1) is 48.8. The fourth-order valence-electron chi connectivity index (χ4n) is 6.92. The Morgan fingerprint density at radius 2 is 1.22 bits per heavy atom. The van der Waals surface area contributed by atoms with Crippen molar-refractivity contribution in [1.82, 2.24) is 15.1 Å². The highest BCUT2D eigenvalue weighted by Crippen LogP contribution is 2.30. The molecule has 0 saturated carbocycles. The molecule has 0 spiro atoms. The van der Waals surface area contributed by atoms with E-state index in [9.17, 15) is 34.8 Å². The van der Waals surface area contributed by atoms with E-state index in [1.807, 2.05) is 60.7 Å². The summed E-state index contributed by atoms with van der Waals surface area (Å²) in [6.45, 7) is 10.4. The predicted octanol–water partition coefficient (Wildman–Crippen LogP) is 3.14. The van der Waals surface area contributed by atoms with Crippen molar-refractivity contribution in [3.8, 4) is 0 Å². The number of benzene rings is 2. The minimum absolute atomic E-state index is 0.0408. The summed E-state index contributed by atoms with van der Waals surface area (Å²) < 4.78 is 34.7. The van der Waals surface area contributed by atoms with Gasteiger partial charge in [0.25, 0.3) is 0 Å². The Kier molecular flexibility index (Phi) is 18.5. The maximum atomic E-state index is 13.6. The Bertz CT molecular complexity index is 1540. The predicted molar refractivity (Wildman–Crippen MR) is 219 cm³/mol. The normalized spacial score (nSPS) is 22.5. The lowest BCUT2D eigenvalue weighted by molar-refractivity contribution is -0.249. The van der Waals surface area contributed by atoms with Crippen LogP contribution in [0.4, 0.5) is 9.59 Å². The zero-order chi connectivity index (χ0) is 44.0. The second-order valence-corrected chi connectivity index (χ2v) is 17.2. The summed E-state index contributed by atoms with van der Waals surface area (Å²) in [6, 6.07) is 17.3. The number of primary amides is 1. The molecule has 2 aromatic carbocycles. The van der Waals surface area contributed by atoms with Crippen LogP contribution in [0, 0.1) is 0 Å². The third kappa shape index (κ3) is 15.8. The van der Waals surface area contributed by atoms with Gasteiger partial charge in [-0.15, -0.1) is 0 Å². The summed E-state index contributed by atoms with van der Waals surface area (Å²) in [6.07, 6.45) is -9.27. The Balaban J connectivity index is 1.49. The van der Waals surface area contributed by atoms with Gasteiger partial charge in [0.1, 0.15) is 29.5 Å². The van der Waals surface area contributed by atoms with Gasteiger partial charge >= 0.3 is 12.2 Å². The summed E-state index contributed by atoms with van der Waals surface area (Å²) in [7, 11) is 0. The molecule has 2 unspecified atom stereocenters. The first-order valence-corrected chi connectivity index (χ1v) is 20.7. The van der Waals surface area contributed by atoms with Gasteiger partial charge in [0.15, 0.2) is 12.6 Å². The van der Waals surface area contributed by atoms with Crippen LogP contribution < -0.4 is 11.1 Å². The van der Waals surface area contributed by atoms with E-state index in [0.29, 0.717) is 12.8 Å². The highest BCUT2D eigenvalue weighted by atomic mass is 16.7. The summed E-state index contributed by atoms with van der Waals surface area (Å²) in [4.78, 5) is 41.6. The molecule has 9 atom stereocenters. The second kappa shape index (κ2) is 22.8. The van der Waals surface area contributed by atoms with E-state index in [1.54, 1.807) is 46.4 Å². The zero-order valence-electron chi connectivity index (χ0n) is 35.7. The minimum Gasteiger partial charge on any atom is -0.444 e. The number of hydrogen-bond donors (Lipinski definition) is 6. The average molecular weight is 847 g/mol. The molecule has 2 heterocycles. The third-order valence-corrected chi connectivity index (χ3v) is 9.82. The number of hydrogen-bond acceptors (Lipinski definition) is 14. The molecule has 7 N–H and O–H groups in total. The van der Waals surface area contributed by atoms with Crippen LogP contribution in [0.25, 0.3) is 0 Å². The van der Waals surface area contributed by atoms with Crippen LogP contribution in [0.3, 0.4) is 0 Å². The Hall–Kier alpha value is -3.91. The van der Waals surface area contributed by atoms with Crippen molar-refractivity contribution in [2.24, 2.45) is 5.73 Å². The van der Waals surface area contributed by atoms with Gasteiger partial charge in [0.2, 0.25) is 5.91 Å². The topological polar surface area (TPSA) is 232 Å². The van der Waals surface area contributed by atoms with Crippen LogP contribution in [0.5, 0.6) is 0 Å². The van der Waals surface area contributed by atoms with Gasteiger partial charge in [0, 0.05) is 43.9 Å². The van der Waals surface area contributed by atoms with Crippen molar-refractivity contribution in [2.45, 2.75) is 134 Å². The molecular weight excluding hydrogens is 780 g/mol. The maximum absolute atomic E-state index is 13.6. The molecule has 0 bridgehead atoms. The fourth-order valence-corrected chi connectivity index (χ4v) is 6.92. The molecule has 0 aliphatic carbocycles. The van der Waals surface area contributed by atoms with Gasteiger partial charge in [-0.25, -0.2) is 9.59 Å². The van der Waals surface area contributed by atoms with Crippen LogP contribution >= 0.6 is 0 Å². The maximum Gasteiger partial charge on any atom is 0.410 e. The molecule has 4 rings (SSSR count). The number of aliphatic hydroxyl groups excluding tert-OH is 4. The summed E-state index contributed by atoms with van der Waals surface area (Å²) in [5.74, 6) is -0.823. The molecule has 2 aliphatic heterocycles. The molecule has 0 radical (unpaired) electrons. The Morgan fingerprint density at radius 3 is 1.65 bits per heavy atom. The van der Waals surface area contributed by atoms with E-state index in [-0.39, 0.29) is 58.8 Å². The third-order valence-electron chi connectivity index (χ3n) is 9.82. The van der Waals surface area contributed by atoms with E-state index in [4.69, 9.17) is 34.2 Å². The van der Waals surface area contributed by atoms with Gasteiger partial charge in [-0.3, -0.25) is 14.6 Å². The number of ether oxygens (including phenoxy) is 6. The molecule has 336 valence electrons. The molecule has 0 aromatic heterocycles. The van der Waals surface area contributed by atoms with Crippen molar-refractivity contribution < 1.29 is 63.2 Å². The van der Waals surface area contributed by atoms with Crippen LogP contribution in [-0.4, -0.2) is 148 Å². The number of amides is 3. The van der Waals surface area contributed by atoms with Crippen LogP contribution in [0.1, 0.15) is 90.9 Å². The van der Waals surface area contributed by atoms with Crippen molar-refractivity contribution in [3.63, 3.8) is 0 Å². The van der Waals surface area contributed by atoms with Gasteiger partial charge in [0.05, 0.1) is 37.6 Å². The van der Waals surface area contributed by atoms with Crippen molar-refractivity contribution in [3.05, 3.63) is 71.8 Å². The monoisotopic (exact) mass is 846 g/mol. The quantitative estimate of drug-likeness (QED) is 0.119. The highest BCUT2D eigenvalue weighted by molar-refractivity contribution is 5.84. The number of nitrogens with two attached hydrogens (primary N) is 1. The highest BCUT2D eigenvalue weighted by Gasteiger charge is 2.38. The number of nitrogens with zero attached hydrogens (tertiary/aromatic N) is 2. The molecular formula is C43H66N4O13. The number of alkyl carbamates (subject to hydrolysis) is 1. The van der Waals surface area contributed by atoms with Crippen molar-refractivity contribution in [2.75, 3.05) is 45.9 Å². The average Bonchev–Trinajstić information content (AvgIpc) is 3.20. The lowest BCUT2D eigenvalue weighted by Crippen LogP contribution is -2.53. The SMILES string of the molecule is CC(C)(C)OC(=O)NCC[C@@H](C(N)=O)N(CCCN(C[C@H](O)[C@@H](O)[C@H]1CCOC(c2ccccc2)O1)C[C@H](O)[C@@H](O)[C@H]1CCOC(c2ccccc2)O1)C(=O)OC(C)(C)C. The summed E-state index contributed by atoms with van der Waals surface area (Å²) in [5.41, 5.74) is 5.67. The van der Waals surface area contributed by atoms with E-state index < -0.39 is 84.5 Å². The van der Waals surface area contributed by atoms with Crippen molar-refractivity contribution >= 4 is 18.1 Å². The first-order valence-electron chi connectivity index (χ1n) is 20.7. The smallest absolute Gasteiger partial charge is 0.410 e. The molecule has 17 nitrogen and oxygen atoms in total. The zero-order valence-corrected chi connectivity index (χ0v) is 35.7. The van der Waals surface area contributed by atoms with Gasteiger partial charge in [-0.2, -0.15) is 0 Å². The molecule has 3 amide bonds. The number of carbonyl (C=O) groups is 3. The lowest BCUT2D eigenvalue weighted by Gasteiger charge is -2.38. The van der Waals surface area contributed by atoms with E-state index >= 15 is 0 Å². The molecule has 2 saturated heterocycles. The standard InChI is InChI=1S/C43H66N4O13/c1-42(2,3)59-40(53)45-21-18-30(37(44)52)47(41(54)60-43(4,5)6)23-13-22-46(26-31(48)35(50)33-19-24-55-38(57-33)28-14-9-7-10-15-28)27-32(49)36(51)34-20-25-56-39(58-34)29-16-11-8-12-17-29/h7-12,14-17,30-36,38-39,48-51H,13,18-27H2,1-6H3,(H2,44,52)(H,45,53)/t30-,31-,32-,33+,34+,35+,36+,38?,39?/m0/s1. The second-order valence-electron chi connectivity index (χ2n) is 17.2. The van der Waals surface area contributed by atoms with E-state index in [2.05, 4.69) is 5.32 Å². The molecule has 2 fully saturated rings. The number of aliphatic hydroxyl groups is 4.